The number of piperidine rings is 1. The number of likely N-dealkylation sites (tertiary alicyclic amines) is 1. The van der Waals surface area contributed by atoms with E-state index in [0.29, 0.717) is 12.4 Å². The van der Waals surface area contributed by atoms with Gasteiger partial charge in [-0.25, -0.2) is 4.39 Å². The van der Waals surface area contributed by atoms with Crippen LogP contribution in [0.4, 0.5) is 4.39 Å². The van der Waals surface area contributed by atoms with Crippen LogP contribution >= 0.6 is 11.6 Å². The molecule has 0 aromatic heterocycles. The molecule has 0 unspecified atom stereocenters. The van der Waals surface area contributed by atoms with Gasteiger partial charge in [0, 0.05) is 0 Å². The summed E-state index contributed by atoms with van der Waals surface area (Å²) in [5.74, 6) is 0.835. The molecule has 19 heavy (non-hydrogen) atoms. The van der Waals surface area contributed by atoms with Gasteiger partial charge in [0.15, 0.2) is 0 Å². The van der Waals surface area contributed by atoms with Crippen molar-refractivity contribution in [2.45, 2.75) is 25.7 Å². The van der Waals surface area contributed by atoms with Crippen LogP contribution < -0.4 is 4.74 Å². The van der Waals surface area contributed by atoms with Gasteiger partial charge in [-0.2, -0.15) is 0 Å². The second kappa shape index (κ2) is 7.11. The Morgan fingerprint density at radius 3 is 2.84 bits per heavy atom. The highest BCUT2D eigenvalue weighted by atomic mass is 35.5. The molecule has 1 fully saturated rings. The Kier molecular flexibility index (Phi) is 5.46. The van der Waals surface area contributed by atoms with E-state index in [1.54, 1.807) is 12.1 Å². The van der Waals surface area contributed by atoms with Crippen molar-refractivity contribution in [1.82, 2.24) is 4.90 Å². The average molecular weight is 286 g/mol. The smallest absolute Gasteiger partial charge is 0.145 e. The summed E-state index contributed by atoms with van der Waals surface area (Å²) in [7, 11) is 2.17. The standard InChI is InChI=1S/C15H21ClFNO/c1-18-9-7-12(8-10-18)4-3-11-19-14-6-2-5-13(17)15(14)16/h2,5-6,12H,3-4,7-11H2,1H3. The van der Waals surface area contributed by atoms with E-state index in [0.717, 1.165) is 12.3 Å². The predicted molar refractivity (Wildman–Crippen MR) is 76.4 cm³/mol. The second-order valence-electron chi connectivity index (χ2n) is 5.29. The molecule has 0 N–H and O–H groups in total. The zero-order valence-corrected chi connectivity index (χ0v) is 12.1. The van der Waals surface area contributed by atoms with Crippen molar-refractivity contribution in [2.75, 3.05) is 26.7 Å². The van der Waals surface area contributed by atoms with Crippen LogP contribution in [0.2, 0.25) is 5.02 Å². The van der Waals surface area contributed by atoms with Crippen molar-refractivity contribution in [3.05, 3.63) is 29.0 Å². The second-order valence-corrected chi connectivity index (χ2v) is 5.67. The number of halogens is 2. The molecule has 0 atom stereocenters. The van der Waals surface area contributed by atoms with Crippen LogP contribution in [-0.2, 0) is 0 Å². The van der Waals surface area contributed by atoms with Crippen molar-refractivity contribution >= 4 is 11.6 Å². The Bertz CT molecular complexity index is 405. The van der Waals surface area contributed by atoms with E-state index in [1.165, 1.54) is 38.4 Å². The maximum absolute atomic E-state index is 13.2. The quantitative estimate of drug-likeness (QED) is 0.759. The van der Waals surface area contributed by atoms with E-state index < -0.39 is 5.82 Å². The van der Waals surface area contributed by atoms with Crippen molar-refractivity contribution in [1.29, 1.82) is 0 Å². The van der Waals surface area contributed by atoms with Crippen molar-refractivity contribution in [2.24, 2.45) is 5.92 Å². The van der Waals surface area contributed by atoms with Crippen LogP contribution in [-0.4, -0.2) is 31.6 Å². The molecule has 0 spiro atoms. The van der Waals surface area contributed by atoms with Crippen molar-refractivity contribution in [3.8, 4) is 5.75 Å². The lowest BCUT2D eigenvalue weighted by atomic mass is 9.93. The number of hydrogen-bond acceptors (Lipinski definition) is 2. The zero-order valence-electron chi connectivity index (χ0n) is 11.4. The molecular formula is C15H21ClFNO. The van der Waals surface area contributed by atoms with Gasteiger partial charge >= 0.3 is 0 Å². The first-order chi connectivity index (χ1) is 9.16. The molecule has 106 valence electrons. The third-order valence-electron chi connectivity index (χ3n) is 3.77. The van der Waals surface area contributed by atoms with Gasteiger partial charge in [0.25, 0.3) is 0 Å². The fourth-order valence-electron chi connectivity index (χ4n) is 2.50. The van der Waals surface area contributed by atoms with Crippen LogP contribution in [0, 0.1) is 11.7 Å². The molecule has 2 rings (SSSR count). The normalized spacial score (nSPS) is 17.6. The Balaban J connectivity index is 1.68. The Labute approximate surface area is 119 Å². The highest BCUT2D eigenvalue weighted by molar-refractivity contribution is 6.32. The minimum Gasteiger partial charge on any atom is -0.492 e. The van der Waals surface area contributed by atoms with Crippen molar-refractivity contribution < 1.29 is 9.13 Å². The van der Waals surface area contributed by atoms with Crippen molar-refractivity contribution in [3.63, 3.8) is 0 Å². The molecule has 1 heterocycles. The van der Waals surface area contributed by atoms with Crippen LogP contribution in [0.3, 0.4) is 0 Å². The lowest BCUT2D eigenvalue weighted by Crippen LogP contribution is -2.30. The van der Waals surface area contributed by atoms with E-state index >= 15 is 0 Å². The Morgan fingerprint density at radius 2 is 2.11 bits per heavy atom. The van der Waals surface area contributed by atoms with Gasteiger partial charge in [0.2, 0.25) is 0 Å². The number of benzene rings is 1. The SMILES string of the molecule is CN1CCC(CCCOc2cccc(F)c2Cl)CC1. The largest absolute Gasteiger partial charge is 0.492 e. The summed E-state index contributed by atoms with van der Waals surface area (Å²) in [6.45, 7) is 3.00. The van der Waals surface area contributed by atoms with Gasteiger partial charge in [-0.05, 0) is 63.9 Å². The molecule has 0 amide bonds. The fraction of sp³-hybridized carbons (Fsp3) is 0.600. The topological polar surface area (TPSA) is 12.5 Å². The Morgan fingerprint density at radius 1 is 1.37 bits per heavy atom. The van der Waals surface area contributed by atoms with Gasteiger partial charge in [-0.15, -0.1) is 0 Å². The van der Waals surface area contributed by atoms with Crippen LogP contribution in [0.25, 0.3) is 0 Å². The lowest BCUT2D eigenvalue weighted by Gasteiger charge is -2.28. The third-order valence-corrected chi connectivity index (χ3v) is 4.14. The molecule has 2 nitrogen and oxygen atoms in total. The highest BCUT2D eigenvalue weighted by Crippen LogP contribution is 2.27. The fourth-order valence-corrected chi connectivity index (χ4v) is 2.68. The van der Waals surface area contributed by atoms with Crippen LogP contribution in [0.5, 0.6) is 5.75 Å². The molecule has 4 heteroatoms. The summed E-state index contributed by atoms with van der Waals surface area (Å²) in [6.07, 6.45) is 4.73. The molecule has 0 radical (unpaired) electrons. The molecule has 1 aromatic rings. The third kappa shape index (κ3) is 4.36. The number of hydrogen-bond donors (Lipinski definition) is 0. The van der Waals surface area contributed by atoms with Crippen LogP contribution in [0.15, 0.2) is 18.2 Å². The number of ether oxygens (including phenoxy) is 1. The van der Waals surface area contributed by atoms with Gasteiger partial charge in [-0.1, -0.05) is 17.7 Å². The Hall–Kier alpha value is -0.800. The van der Waals surface area contributed by atoms with E-state index in [4.69, 9.17) is 16.3 Å². The zero-order chi connectivity index (χ0) is 13.7. The molecule has 0 saturated carbocycles. The lowest BCUT2D eigenvalue weighted by molar-refractivity contribution is 0.200. The molecular weight excluding hydrogens is 265 g/mol. The first kappa shape index (κ1) is 14.6. The highest BCUT2D eigenvalue weighted by Gasteiger charge is 2.16. The minimum absolute atomic E-state index is 0.0850. The minimum atomic E-state index is -0.422. The molecule has 0 aliphatic carbocycles. The number of nitrogens with zero attached hydrogens (tertiary/aromatic N) is 1. The first-order valence-corrected chi connectivity index (χ1v) is 7.30. The van der Waals surface area contributed by atoms with E-state index in [2.05, 4.69) is 11.9 Å². The number of rotatable bonds is 5. The first-order valence-electron chi connectivity index (χ1n) is 6.92. The molecule has 1 aromatic carbocycles. The van der Waals surface area contributed by atoms with Gasteiger partial charge in [-0.3, -0.25) is 0 Å². The summed E-state index contributed by atoms with van der Waals surface area (Å²) in [4.78, 5) is 2.37. The predicted octanol–water partition coefficient (Wildman–Crippen LogP) is 3.98. The maximum Gasteiger partial charge on any atom is 0.145 e. The summed E-state index contributed by atoms with van der Waals surface area (Å²) in [6, 6.07) is 4.67. The van der Waals surface area contributed by atoms with Crippen LogP contribution in [0.1, 0.15) is 25.7 Å². The molecule has 1 aliphatic heterocycles. The monoisotopic (exact) mass is 285 g/mol. The van der Waals surface area contributed by atoms with E-state index in [1.807, 2.05) is 0 Å². The van der Waals surface area contributed by atoms with E-state index in [9.17, 15) is 4.39 Å². The van der Waals surface area contributed by atoms with E-state index in [-0.39, 0.29) is 5.02 Å². The average Bonchev–Trinajstić information content (AvgIpc) is 2.41. The maximum atomic E-state index is 13.2. The summed E-state index contributed by atoms with van der Waals surface area (Å²) in [5.41, 5.74) is 0. The molecule has 1 saturated heterocycles. The summed E-state index contributed by atoms with van der Waals surface area (Å²) >= 11 is 5.83. The summed E-state index contributed by atoms with van der Waals surface area (Å²) in [5, 5.41) is 0.0850. The van der Waals surface area contributed by atoms with Gasteiger partial charge in [0.05, 0.1) is 6.61 Å². The van der Waals surface area contributed by atoms with Gasteiger partial charge in [0.1, 0.15) is 16.6 Å². The molecule has 0 bridgehead atoms. The molecule has 1 aliphatic rings. The summed E-state index contributed by atoms with van der Waals surface area (Å²) < 4.78 is 18.7. The van der Waals surface area contributed by atoms with Gasteiger partial charge < -0.3 is 9.64 Å².